The average Bonchev–Trinajstić information content (AvgIpc) is 2.93. The lowest BCUT2D eigenvalue weighted by Crippen LogP contribution is -2.35. The summed E-state index contributed by atoms with van der Waals surface area (Å²) in [7, 11) is 1.93. The summed E-state index contributed by atoms with van der Waals surface area (Å²) < 4.78 is 0. The van der Waals surface area contributed by atoms with E-state index in [4.69, 9.17) is 0 Å². The molecule has 1 atom stereocenters. The van der Waals surface area contributed by atoms with E-state index in [0.29, 0.717) is 0 Å². The van der Waals surface area contributed by atoms with Crippen molar-refractivity contribution < 1.29 is 4.79 Å². The van der Waals surface area contributed by atoms with E-state index in [1.54, 1.807) is 0 Å². The Morgan fingerprint density at radius 2 is 1.57 bits per heavy atom. The van der Waals surface area contributed by atoms with Crippen LogP contribution in [0.4, 0.5) is 0 Å². The van der Waals surface area contributed by atoms with Gasteiger partial charge in [0.05, 0.1) is 5.92 Å². The molecule has 4 rings (SSSR count). The van der Waals surface area contributed by atoms with Crippen LogP contribution >= 0.6 is 0 Å². The minimum absolute atomic E-state index is 0.0000450. The molecule has 1 unspecified atom stereocenters. The molecule has 154 valence electrons. The molecule has 1 aliphatic heterocycles. The minimum atomic E-state index is 0.0000450. The summed E-state index contributed by atoms with van der Waals surface area (Å²) >= 11 is 0. The summed E-state index contributed by atoms with van der Waals surface area (Å²) in [6, 6.07) is 23.2. The van der Waals surface area contributed by atoms with E-state index in [1.165, 1.54) is 16.7 Å². The summed E-state index contributed by atoms with van der Waals surface area (Å²) in [6.45, 7) is 3.54. The van der Waals surface area contributed by atoms with Crippen LogP contribution in [0.5, 0.6) is 0 Å². The zero-order chi connectivity index (χ0) is 20.8. The topological polar surface area (TPSA) is 36.4 Å². The lowest BCUT2D eigenvalue weighted by molar-refractivity contribution is -0.133. The maximum absolute atomic E-state index is 13.0. The molecule has 30 heavy (non-hydrogen) atoms. The number of aromatic nitrogens is 1. The zero-order valence-corrected chi connectivity index (χ0v) is 17.6. The third kappa shape index (κ3) is 5.14. The Morgan fingerprint density at radius 1 is 0.867 bits per heavy atom. The van der Waals surface area contributed by atoms with Crippen LogP contribution in [0.2, 0.25) is 0 Å². The normalized spacial score (nSPS) is 17.7. The van der Waals surface area contributed by atoms with Crippen LogP contribution in [-0.4, -0.2) is 53.9 Å². The molecule has 1 fully saturated rings. The van der Waals surface area contributed by atoms with Crippen LogP contribution in [0.15, 0.2) is 79.1 Å². The highest BCUT2D eigenvalue weighted by Gasteiger charge is 2.28. The molecule has 1 amide bonds. The van der Waals surface area contributed by atoms with Gasteiger partial charge < -0.3 is 9.80 Å². The maximum Gasteiger partial charge on any atom is 0.227 e. The van der Waals surface area contributed by atoms with E-state index in [2.05, 4.69) is 64.5 Å². The molecule has 3 aromatic rings. The van der Waals surface area contributed by atoms with Crippen LogP contribution in [0.3, 0.4) is 0 Å². The van der Waals surface area contributed by atoms with Gasteiger partial charge in [0.2, 0.25) is 5.91 Å². The average molecular weight is 400 g/mol. The number of likely N-dealkylation sites (N-methyl/N-ethyl adjacent to an activating group) is 1. The first-order valence-corrected chi connectivity index (χ1v) is 10.7. The molecule has 1 aromatic heterocycles. The molecule has 0 spiro atoms. The summed E-state index contributed by atoms with van der Waals surface area (Å²) in [4.78, 5) is 21.4. The molecular weight excluding hydrogens is 370 g/mol. The first kappa shape index (κ1) is 20.3. The maximum atomic E-state index is 13.0. The molecule has 1 aliphatic rings. The van der Waals surface area contributed by atoms with Crippen molar-refractivity contribution in [3.63, 3.8) is 0 Å². The van der Waals surface area contributed by atoms with Crippen LogP contribution in [0.25, 0.3) is 11.1 Å². The fraction of sp³-hybridized carbons (Fsp3) is 0.308. The molecule has 0 radical (unpaired) electrons. The highest BCUT2D eigenvalue weighted by atomic mass is 16.2. The zero-order valence-electron chi connectivity index (χ0n) is 17.6. The molecule has 4 nitrogen and oxygen atoms in total. The predicted octanol–water partition coefficient (Wildman–Crippen LogP) is 3.92. The van der Waals surface area contributed by atoms with Gasteiger partial charge in [-0.3, -0.25) is 9.78 Å². The Kier molecular flexibility index (Phi) is 6.55. The summed E-state index contributed by atoms with van der Waals surface area (Å²) in [5.74, 6) is 0.260. The third-order valence-corrected chi connectivity index (χ3v) is 5.96. The second kappa shape index (κ2) is 9.68. The smallest absolute Gasteiger partial charge is 0.227 e. The minimum Gasteiger partial charge on any atom is -0.344 e. The van der Waals surface area contributed by atoms with Crippen molar-refractivity contribution in [3.8, 4) is 11.1 Å². The second-order valence-electron chi connectivity index (χ2n) is 8.13. The van der Waals surface area contributed by atoms with Crippen molar-refractivity contribution in [3.05, 3.63) is 90.3 Å². The van der Waals surface area contributed by atoms with Crippen molar-refractivity contribution in [2.75, 3.05) is 33.2 Å². The number of pyridine rings is 1. The SMILES string of the molecule is CN1CCN(CCc2ccccc2)CC(Cc2ccc(-c3ccncc3)cc2)C1=O. The molecule has 1 saturated heterocycles. The Morgan fingerprint density at radius 3 is 2.30 bits per heavy atom. The number of rotatable bonds is 6. The quantitative estimate of drug-likeness (QED) is 0.630. The Labute approximate surface area is 179 Å². The second-order valence-corrected chi connectivity index (χ2v) is 8.13. The van der Waals surface area contributed by atoms with Gasteiger partial charge >= 0.3 is 0 Å². The van der Waals surface area contributed by atoms with E-state index in [0.717, 1.165) is 44.6 Å². The Balaban J connectivity index is 1.42. The highest BCUT2D eigenvalue weighted by molar-refractivity contribution is 5.79. The number of carbonyl (C=O) groups excluding carboxylic acids is 1. The van der Waals surface area contributed by atoms with Crippen LogP contribution in [0, 0.1) is 5.92 Å². The number of carbonyl (C=O) groups is 1. The van der Waals surface area contributed by atoms with E-state index in [-0.39, 0.29) is 11.8 Å². The van der Waals surface area contributed by atoms with Gasteiger partial charge in [-0.15, -0.1) is 0 Å². The summed E-state index contributed by atoms with van der Waals surface area (Å²) in [5, 5.41) is 0. The van der Waals surface area contributed by atoms with Gasteiger partial charge in [-0.1, -0.05) is 54.6 Å². The Bertz CT molecular complexity index is 941. The standard InChI is InChI=1S/C26H29N3O/c1-28-17-18-29(16-13-21-5-3-2-4-6-21)20-25(26(28)30)19-22-7-9-23(10-8-22)24-11-14-27-15-12-24/h2-12,14-15,25H,13,16-20H2,1H3. The van der Waals surface area contributed by atoms with Gasteiger partial charge in [0.25, 0.3) is 0 Å². The molecule has 4 heteroatoms. The molecule has 0 bridgehead atoms. The van der Waals surface area contributed by atoms with E-state index in [1.807, 2.05) is 36.5 Å². The lowest BCUT2D eigenvalue weighted by Gasteiger charge is -2.23. The summed E-state index contributed by atoms with van der Waals surface area (Å²) in [6.07, 6.45) is 5.42. The predicted molar refractivity (Wildman–Crippen MR) is 121 cm³/mol. The van der Waals surface area contributed by atoms with Crippen molar-refractivity contribution >= 4 is 5.91 Å². The summed E-state index contributed by atoms with van der Waals surface area (Å²) in [5.41, 5.74) is 4.90. The van der Waals surface area contributed by atoms with Crippen molar-refractivity contribution in [1.82, 2.24) is 14.8 Å². The molecule has 2 heterocycles. The van der Waals surface area contributed by atoms with Gasteiger partial charge in [-0.2, -0.15) is 0 Å². The van der Waals surface area contributed by atoms with Gasteiger partial charge in [0.1, 0.15) is 0 Å². The van der Waals surface area contributed by atoms with Crippen LogP contribution in [0.1, 0.15) is 11.1 Å². The first-order valence-electron chi connectivity index (χ1n) is 10.7. The van der Waals surface area contributed by atoms with Crippen molar-refractivity contribution in [1.29, 1.82) is 0 Å². The Hall–Kier alpha value is -2.98. The number of amides is 1. The van der Waals surface area contributed by atoms with E-state index < -0.39 is 0 Å². The fourth-order valence-corrected chi connectivity index (χ4v) is 4.14. The number of benzene rings is 2. The third-order valence-electron chi connectivity index (χ3n) is 5.96. The number of nitrogens with zero attached hydrogens (tertiary/aromatic N) is 3. The monoisotopic (exact) mass is 399 g/mol. The van der Waals surface area contributed by atoms with Crippen LogP contribution < -0.4 is 0 Å². The van der Waals surface area contributed by atoms with E-state index in [9.17, 15) is 4.79 Å². The largest absolute Gasteiger partial charge is 0.344 e. The molecule has 0 aliphatic carbocycles. The molecular formula is C26H29N3O. The van der Waals surface area contributed by atoms with Gasteiger partial charge in [0.15, 0.2) is 0 Å². The molecule has 0 saturated carbocycles. The van der Waals surface area contributed by atoms with Gasteiger partial charge in [-0.05, 0) is 47.2 Å². The van der Waals surface area contributed by atoms with Crippen molar-refractivity contribution in [2.24, 2.45) is 5.92 Å². The van der Waals surface area contributed by atoms with Gasteiger partial charge in [0, 0.05) is 45.6 Å². The lowest BCUT2D eigenvalue weighted by atomic mass is 9.96. The van der Waals surface area contributed by atoms with E-state index >= 15 is 0 Å². The van der Waals surface area contributed by atoms with Gasteiger partial charge in [-0.25, -0.2) is 0 Å². The molecule has 2 aromatic carbocycles. The highest BCUT2D eigenvalue weighted by Crippen LogP contribution is 2.21. The van der Waals surface area contributed by atoms with Crippen molar-refractivity contribution in [2.45, 2.75) is 12.8 Å². The number of hydrogen-bond donors (Lipinski definition) is 0. The van der Waals surface area contributed by atoms with Crippen LogP contribution in [-0.2, 0) is 17.6 Å². The molecule has 0 N–H and O–H groups in total. The first-order chi connectivity index (χ1) is 14.7. The fourth-order valence-electron chi connectivity index (χ4n) is 4.14. The number of hydrogen-bond acceptors (Lipinski definition) is 3.